The van der Waals surface area contributed by atoms with Crippen molar-refractivity contribution in [1.29, 1.82) is 0 Å². The molecule has 0 fully saturated rings. The van der Waals surface area contributed by atoms with Gasteiger partial charge in [-0.3, -0.25) is 4.79 Å². The van der Waals surface area contributed by atoms with E-state index in [2.05, 4.69) is 26.0 Å². The first-order chi connectivity index (χ1) is 13.9. The van der Waals surface area contributed by atoms with Crippen LogP contribution in [-0.4, -0.2) is 38.6 Å². The molecule has 156 valence electrons. The summed E-state index contributed by atoms with van der Waals surface area (Å²) in [5, 5.41) is 3.15. The minimum absolute atomic E-state index is 0.284. The van der Waals surface area contributed by atoms with Crippen LogP contribution in [0.1, 0.15) is 30.5 Å². The fourth-order valence-corrected chi connectivity index (χ4v) is 3.47. The molecule has 7 heteroatoms. The van der Waals surface area contributed by atoms with Crippen molar-refractivity contribution in [3.05, 3.63) is 69.7 Å². The van der Waals surface area contributed by atoms with Crippen LogP contribution < -0.4 is 5.32 Å². The first-order valence-corrected chi connectivity index (χ1v) is 10.1. The zero-order chi connectivity index (χ0) is 21.4. The van der Waals surface area contributed by atoms with Gasteiger partial charge in [-0.1, -0.05) is 28.1 Å². The first-order valence-electron chi connectivity index (χ1n) is 9.28. The van der Waals surface area contributed by atoms with Crippen LogP contribution in [-0.2, 0) is 9.53 Å². The molecule has 1 atom stereocenters. The Balaban J connectivity index is 0.000000687. The molecule has 2 aromatic rings. The van der Waals surface area contributed by atoms with Crippen molar-refractivity contribution in [3.63, 3.8) is 0 Å². The van der Waals surface area contributed by atoms with Crippen molar-refractivity contribution in [3.8, 4) is 0 Å². The van der Waals surface area contributed by atoms with Gasteiger partial charge in [-0.2, -0.15) is 0 Å². The number of carbonyl (C=O) groups excluding carboxylic acids is 1. The van der Waals surface area contributed by atoms with Gasteiger partial charge in [-0.15, -0.1) is 0 Å². The molecule has 4 nitrogen and oxygen atoms in total. The summed E-state index contributed by atoms with van der Waals surface area (Å²) in [7, 11) is 3.52. The number of halogens is 3. The monoisotopic (exact) mass is 466 g/mol. The molecule has 0 bridgehead atoms. The summed E-state index contributed by atoms with van der Waals surface area (Å²) in [5.74, 6) is -1.29. The first kappa shape index (κ1) is 23.0. The molecule has 1 N–H and O–H groups in total. The number of carbonyl (C=O) groups is 1. The van der Waals surface area contributed by atoms with Crippen molar-refractivity contribution < 1.29 is 18.3 Å². The normalized spacial score (nSPS) is 15.9. The van der Waals surface area contributed by atoms with E-state index in [1.54, 1.807) is 7.11 Å². The van der Waals surface area contributed by atoms with E-state index in [-0.39, 0.29) is 5.56 Å². The van der Waals surface area contributed by atoms with Gasteiger partial charge in [0, 0.05) is 54.7 Å². The van der Waals surface area contributed by atoms with Gasteiger partial charge in [0.2, 0.25) is 6.41 Å². The van der Waals surface area contributed by atoms with Crippen LogP contribution in [0.3, 0.4) is 0 Å². The molecule has 1 aliphatic rings. The van der Waals surface area contributed by atoms with E-state index >= 15 is 0 Å². The zero-order valence-corrected chi connectivity index (χ0v) is 18.3. The molecule has 0 saturated heterocycles. The summed E-state index contributed by atoms with van der Waals surface area (Å²) in [5.41, 5.74) is 3.24. The predicted octanol–water partition coefficient (Wildman–Crippen LogP) is 5.41. The highest BCUT2D eigenvalue weighted by Crippen LogP contribution is 2.37. The van der Waals surface area contributed by atoms with E-state index in [1.165, 1.54) is 17.0 Å². The van der Waals surface area contributed by atoms with Crippen molar-refractivity contribution in [2.75, 3.05) is 32.6 Å². The minimum Gasteiger partial charge on any atom is -0.388 e. The number of methoxy groups -OCH3 is 1. The molecule has 0 radical (unpaired) electrons. The van der Waals surface area contributed by atoms with Gasteiger partial charge in [-0.25, -0.2) is 8.78 Å². The third kappa shape index (κ3) is 5.87. The molecular formula is C22H25BrF2N2O2. The Morgan fingerprint density at radius 3 is 2.59 bits per heavy atom. The van der Waals surface area contributed by atoms with E-state index < -0.39 is 17.7 Å². The summed E-state index contributed by atoms with van der Waals surface area (Å²) >= 11 is 3.47. The number of nitrogens with zero attached hydrogens (tertiary/aromatic N) is 1. The third-order valence-corrected chi connectivity index (χ3v) is 5.15. The predicted molar refractivity (Wildman–Crippen MR) is 116 cm³/mol. The van der Waals surface area contributed by atoms with Crippen LogP contribution in [0.5, 0.6) is 0 Å². The van der Waals surface area contributed by atoms with Crippen LogP contribution in [0, 0.1) is 11.6 Å². The van der Waals surface area contributed by atoms with Crippen molar-refractivity contribution in [1.82, 2.24) is 4.90 Å². The summed E-state index contributed by atoms with van der Waals surface area (Å²) < 4.78 is 33.0. The molecule has 1 amide bonds. The highest BCUT2D eigenvalue weighted by atomic mass is 79.9. The lowest BCUT2D eigenvalue weighted by Gasteiger charge is -2.32. The summed E-state index contributed by atoms with van der Waals surface area (Å²) in [6, 6.07) is 8.77. The number of rotatable bonds is 5. The van der Waals surface area contributed by atoms with Crippen molar-refractivity contribution in [2.45, 2.75) is 19.4 Å². The fourth-order valence-electron chi connectivity index (χ4n) is 3.11. The average molecular weight is 467 g/mol. The Labute approximate surface area is 178 Å². The van der Waals surface area contributed by atoms with Crippen LogP contribution in [0.2, 0.25) is 0 Å². The molecule has 0 aromatic heterocycles. The highest BCUT2D eigenvalue weighted by Gasteiger charge is 2.26. The number of benzene rings is 2. The fraction of sp³-hybridized carbons (Fsp3) is 0.318. The molecule has 0 spiro atoms. The average Bonchev–Trinajstić information content (AvgIpc) is 2.73. The number of hydrogen-bond acceptors (Lipinski definition) is 3. The van der Waals surface area contributed by atoms with E-state index in [0.29, 0.717) is 19.4 Å². The standard InChI is InChI=1S/C19H17BrF2N2O.C3H8O/c1-23-18-5-2-13(20)9-16(18)12-6-7-24(11-25)19(8-12)15-4-3-14(21)10-17(15)22;1-3-4-2/h2-5,8-11,19,23H,6-7H2,1H3;3H2,1-2H3. The van der Waals surface area contributed by atoms with Gasteiger partial charge >= 0.3 is 0 Å². The lowest BCUT2D eigenvalue weighted by Crippen LogP contribution is -2.31. The Morgan fingerprint density at radius 2 is 2.00 bits per heavy atom. The number of amides is 1. The number of nitrogens with one attached hydrogen (secondary N) is 1. The maximum absolute atomic E-state index is 14.3. The SMILES string of the molecule is CCOC.CNc1ccc(Br)cc1C1=CC(c2ccc(F)cc2F)N(C=O)CC1. The second-order valence-electron chi connectivity index (χ2n) is 6.41. The van der Waals surface area contributed by atoms with Crippen LogP contribution in [0.4, 0.5) is 14.5 Å². The maximum Gasteiger partial charge on any atom is 0.210 e. The minimum atomic E-state index is -0.655. The molecule has 0 saturated carbocycles. The van der Waals surface area contributed by atoms with Crippen LogP contribution in [0.25, 0.3) is 5.57 Å². The van der Waals surface area contributed by atoms with E-state index in [0.717, 1.165) is 34.0 Å². The van der Waals surface area contributed by atoms with Crippen LogP contribution in [0.15, 0.2) is 46.9 Å². The van der Waals surface area contributed by atoms with E-state index in [1.807, 2.05) is 38.2 Å². The van der Waals surface area contributed by atoms with Gasteiger partial charge in [0.25, 0.3) is 0 Å². The van der Waals surface area contributed by atoms with Gasteiger partial charge in [-0.05, 0) is 43.2 Å². The van der Waals surface area contributed by atoms with Crippen molar-refractivity contribution in [2.24, 2.45) is 0 Å². The molecule has 3 rings (SSSR count). The van der Waals surface area contributed by atoms with Gasteiger partial charge in [0.1, 0.15) is 11.6 Å². The number of anilines is 1. The van der Waals surface area contributed by atoms with Gasteiger partial charge in [0.15, 0.2) is 0 Å². The Hall–Kier alpha value is -2.25. The molecule has 1 heterocycles. The Kier molecular flexibility index (Phi) is 8.79. The number of hydrogen-bond donors (Lipinski definition) is 1. The van der Waals surface area contributed by atoms with Gasteiger partial charge < -0.3 is 15.0 Å². The van der Waals surface area contributed by atoms with Crippen molar-refractivity contribution >= 4 is 33.6 Å². The summed E-state index contributed by atoms with van der Waals surface area (Å²) in [6.07, 6.45) is 3.24. The smallest absolute Gasteiger partial charge is 0.210 e. The molecule has 0 aliphatic carbocycles. The second kappa shape index (κ2) is 11.1. The lowest BCUT2D eigenvalue weighted by molar-refractivity contribution is -0.119. The third-order valence-electron chi connectivity index (χ3n) is 4.66. The molecular weight excluding hydrogens is 442 g/mol. The maximum atomic E-state index is 14.3. The largest absolute Gasteiger partial charge is 0.388 e. The summed E-state index contributed by atoms with van der Waals surface area (Å²) in [4.78, 5) is 12.9. The van der Waals surface area contributed by atoms with E-state index in [4.69, 9.17) is 0 Å². The van der Waals surface area contributed by atoms with E-state index in [9.17, 15) is 13.6 Å². The topological polar surface area (TPSA) is 41.6 Å². The highest BCUT2D eigenvalue weighted by molar-refractivity contribution is 9.10. The number of ether oxygens (including phenoxy) is 1. The Morgan fingerprint density at radius 1 is 1.28 bits per heavy atom. The second-order valence-corrected chi connectivity index (χ2v) is 7.33. The zero-order valence-electron chi connectivity index (χ0n) is 16.7. The summed E-state index contributed by atoms with van der Waals surface area (Å²) in [6.45, 7) is 3.24. The van der Waals surface area contributed by atoms with Crippen LogP contribution >= 0.6 is 15.9 Å². The molecule has 1 aliphatic heterocycles. The Bertz CT molecular complexity index is 872. The molecule has 1 unspecified atom stereocenters. The lowest BCUT2D eigenvalue weighted by atomic mass is 9.91. The van der Waals surface area contributed by atoms with Gasteiger partial charge in [0.05, 0.1) is 6.04 Å². The molecule has 2 aromatic carbocycles. The quantitative estimate of drug-likeness (QED) is 0.599. The molecule has 29 heavy (non-hydrogen) atoms.